The Labute approximate surface area is 122 Å². The minimum atomic E-state index is -1.10. The van der Waals surface area contributed by atoms with E-state index < -0.39 is 12.2 Å². The van der Waals surface area contributed by atoms with E-state index in [0.717, 1.165) is 5.39 Å². The molecule has 0 fully saturated rings. The molecule has 0 aliphatic carbocycles. The van der Waals surface area contributed by atoms with Gasteiger partial charge in [0.15, 0.2) is 0 Å². The molecule has 1 heterocycles. The standard InChI is InChI=1S/C14H17ClN2O3/c1-16-7-12(18)13(19)10-6-8-5-9(20-2)3-4-11(8)17-14(10)15/h3-6,12-13,16,18-19H,7H2,1-2H3. The molecule has 0 bridgehead atoms. The number of ether oxygens (including phenoxy) is 1. The molecular weight excluding hydrogens is 280 g/mol. The van der Waals surface area contributed by atoms with Crippen molar-refractivity contribution in [3.63, 3.8) is 0 Å². The highest BCUT2D eigenvalue weighted by atomic mass is 35.5. The third-order valence-corrected chi connectivity index (χ3v) is 3.40. The number of nitrogens with one attached hydrogen (secondary N) is 1. The van der Waals surface area contributed by atoms with Crippen LogP contribution in [0.15, 0.2) is 24.3 Å². The van der Waals surface area contributed by atoms with E-state index in [1.807, 2.05) is 0 Å². The minimum Gasteiger partial charge on any atom is -0.497 e. The SMILES string of the molecule is CNCC(O)C(O)c1cc2cc(OC)ccc2nc1Cl. The average molecular weight is 297 g/mol. The molecule has 2 unspecified atom stereocenters. The molecule has 2 rings (SSSR count). The number of aromatic nitrogens is 1. The number of pyridine rings is 1. The highest BCUT2D eigenvalue weighted by molar-refractivity contribution is 6.30. The Morgan fingerprint density at radius 3 is 2.75 bits per heavy atom. The lowest BCUT2D eigenvalue weighted by molar-refractivity contribution is 0.0202. The molecule has 0 aliphatic heterocycles. The van der Waals surface area contributed by atoms with Crippen LogP contribution in [0.5, 0.6) is 5.75 Å². The molecule has 108 valence electrons. The van der Waals surface area contributed by atoms with Crippen LogP contribution < -0.4 is 10.1 Å². The molecule has 0 saturated heterocycles. The minimum absolute atomic E-state index is 0.185. The Balaban J connectivity index is 2.44. The maximum absolute atomic E-state index is 10.1. The van der Waals surface area contributed by atoms with Crippen LogP contribution in [0.3, 0.4) is 0 Å². The van der Waals surface area contributed by atoms with Crippen molar-refractivity contribution < 1.29 is 14.9 Å². The molecule has 6 heteroatoms. The van der Waals surface area contributed by atoms with Crippen LogP contribution in [0.2, 0.25) is 5.15 Å². The molecule has 5 nitrogen and oxygen atoms in total. The lowest BCUT2D eigenvalue weighted by Gasteiger charge is -2.19. The lowest BCUT2D eigenvalue weighted by Crippen LogP contribution is -2.29. The monoisotopic (exact) mass is 296 g/mol. The number of halogens is 1. The summed E-state index contributed by atoms with van der Waals surface area (Å²) < 4.78 is 5.16. The summed E-state index contributed by atoms with van der Waals surface area (Å²) in [5, 5.41) is 23.8. The Morgan fingerprint density at radius 2 is 2.10 bits per heavy atom. The van der Waals surface area contributed by atoms with Gasteiger partial charge in [0, 0.05) is 17.5 Å². The van der Waals surface area contributed by atoms with Gasteiger partial charge in [-0.25, -0.2) is 4.98 Å². The molecule has 0 spiro atoms. The highest BCUT2D eigenvalue weighted by Crippen LogP contribution is 2.29. The summed E-state index contributed by atoms with van der Waals surface area (Å²) in [5.41, 5.74) is 1.10. The predicted molar refractivity (Wildman–Crippen MR) is 78.2 cm³/mol. The Morgan fingerprint density at radius 1 is 1.35 bits per heavy atom. The fourth-order valence-electron chi connectivity index (χ4n) is 2.01. The molecular formula is C14H17ClN2O3. The number of aliphatic hydroxyl groups is 2. The summed E-state index contributed by atoms with van der Waals surface area (Å²) in [7, 11) is 3.28. The van der Waals surface area contributed by atoms with Crippen LogP contribution in [0.1, 0.15) is 11.7 Å². The van der Waals surface area contributed by atoms with Crippen molar-refractivity contribution in [2.45, 2.75) is 12.2 Å². The van der Waals surface area contributed by atoms with Crippen LogP contribution >= 0.6 is 11.6 Å². The topological polar surface area (TPSA) is 74.6 Å². The van der Waals surface area contributed by atoms with E-state index in [4.69, 9.17) is 16.3 Å². The van der Waals surface area contributed by atoms with Gasteiger partial charge in [-0.05, 0) is 31.3 Å². The van der Waals surface area contributed by atoms with Crippen molar-refractivity contribution >= 4 is 22.5 Å². The number of hydrogen-bond donors (Lipinski definition) is 3. The second-order valence-electron chi connectivity index (χ2n) is 4.50. The molecule has 2 aromatic rings. The molecule has 0 radical (unpaired) electrons. The lowest BCUT2D eigenvalue weighted by atomic mass is 10.0. The molecule has 1 aromatic carbocycles. The fourth-order valence-corrected chi connectivity index (χ4v) is 2.27. The summed E-state index contributed by atoms with van der Waals surface area (Å²) in [4.78, 5) is 4.23. The normalized spacial score (nSPS) is 14.2. The number of likely N-dealkylation sites (N-methyl/N-ethyl adjacent to an activating group) is 1. The first kappa shape index (κ1) is 15.0. The van der Waals surface area contributed by atoms with Gasteiger partial charge in [0.2, 0.25) is 0 Å². The number of benzene rings is 1. The van der Waals surface area contributed by atoms with Gasteiger partial charge in [-0.1, -0.05) is 11.6 Å². The van der Waals surface area contributed by atoms with Gasteiger partial charge < -0.3 is 20.3 Å². The van der Waals surface area contributed by atoms with Gasteiger partial charge >= 0.3 is 0 Å². The number of nitrogens with zero attached hydrogens (tertiary/aromatic N) is 1. The van der Waals surface area contributed by atoms with Gasteiger partial charge in [0.25, 0.3) is 0 Å². The summed E-state index contributed by atoms with van der Waals surface area (Å²) in [6, 6.07) is 7.11. The molecule has 2 atom stereocenters. The first-order valence-corrected chi connectivity index (χ1v) is 6.59. The molecule has 3 N–H and O–H groups in total. The first-order chi connectivity index (χ1) is 9.56. The summed E-state index contributed by atoms with van der Waals surface area (Å²) >= 11 is 6.08. The van der Waals surface area contributed by atoms with Crippen molar-refractivity contribution in [1.82, 2.24) is 10.3 Å². The molecule has 1 aromatic heterocycles. The summed E-state index contributed by atoms with van der Waals surface area (Å²) in [5.74, 6) is 0.692. The Hall–Kier alpha value is -1.40. The second kappa shape index (κ2) is 6.37. The smallest absolute Gasteiger partial charge is 0.135 e. The summed E-state index contributed by atoms with van der Waals surface area (Å²) in [6.07, 6.45) is -2.06. The van der Waals surface area contributed by atoms with E-state index >= 15 is 0 Å². The maximum atomic E-state index is 10.1. The van der Waals surface area contributed by atoms with Crippen LogP contribution in [0.4, 0.5) is 0 Å². The molecule has 0 amide bonds. The Bertz CT molecular complexity index is 606. The van der Waals surface area contributed by atoms with E-state index in [-0.39, 0.29) is 11.7 Å². The number of methoxy groups -OCH3 is 1. The number of rotatable bonds is 5. The van der Waals surface area contributed by atoms with Crippen molar-refractivity contribution in [3.05, 3.63) is 35.0 Å². The fraction of sp³-hybridized carbons (Fsp3) is 0.357. The number of aliphatic hydroxyl groups excluding tert-OH is 2. The number of fused-ring (bicyclic) bond motifs is 1. The van der Waals surface area contributed by atoms with Crippen molar-refractivity contribution in [2.75, 3.05) is 20.7 Å². The van der Waals surface area contributed by atoms with Gasteiger partial charge in [0.05, 0.1) is 18.7 Å². The van der Waals surface area contributed by atoms with Crippen molar-refractivity contribution in [1.29, 1.82) is 0 Å². The highest BCUT2D eigenvalue weighted by Gasteiger charge is 2.21. The van der Waals surface area contributed by atoms with Crippen LogP contribution in [-0.4, -0.2) is 42.0 Å². The van der Waals surface area contributed by atoms with Gasteiger partial charge in [-0.3, -0.25) is 0 Å². The predicted octanol–water partition coefficient (Wildman–Crippen LogP) is 1.51. The second-order valence-corrected chi connectivity index (χ2v) is 4.85. The zero-order valence-corrected chi connectivity index (χ0v) is 12.1. The zero-order valence-electron chi connectivity index (χ0n) is 11.3. The first-order valence-electron chi connectivity index (χ1n) is 6.21. The molecule has 20 heavy (non-hydrogen) atoms. The van der Waals surface area contributed by atoms with E-state index in [9.17, 15) is 10.2 Å². The van der Waals surface area contributed by atoms with E-state index in [0.29, 0.717) is 16.8 Å². The number of hydrogen-bond acceptors (Lipinski definition) is 5. The molecule has 0 saturated carbocycles. The Kier molecular flexibility index (Phi) is 4.77. The zero-order chi connectivity index (χ0) is 14.7. The van der Waals surface area contributed by atoms with Gasteiger partial charge in [-0.15, -0.1) is 0 Å². The van der Waals surface area contributed by atoms with E-state index in [1.165, 1.54) is 0 Å². The maximum Gasteiger partial charge on any atom is 0.135 e. The average Bonchev–Trinajstić information content (AvgIpc) is 2.45. The van der Waals surface area contributed by atoms with Crippen molar-refractivity contribution in [2.24, 2.45) is 0 Å². The van der Waals surface area contributed by atoms with Gasteiger partial charge in [-0.2, -0.15) is 0 Å². The third-order valence-electron chi connectivity index (χ3n) is 3.10. The van der Waals surface area contributed by atoms with E-state index in [1.54, 1.807) is 38.4 Å². The van der Waals surface area contributed by atoms with Crippen LogP contribution in [0.25, 0.3) is 10.9 Å². The largest absolute Gasteiger partial charge is 0.497 e. The van der Waals surface area contributed by atoms with E-state index in [2.05, 4.69) is 10.3 Å². The van der Waals surface area contributed by atoms with Crippen LogP contribution in [-0.2, 0) is 0 Å². The molecule has 0 aliphatic rings. The quantitative estimate of drug-likeness (QED) is 0.729. The van der Waals surface area contributed by atoms with Gasteiger partial charge in [0.1, 0.15) is 17.0 Å². The van der Waals surface area contributed by atoms with Crippen LogP contribution in [0, 0.1) is 0 Å². The third kappa shape index (κ3) is 3.02. The van der Waals surface area contributed by atoms with Crippen molar-refractivity contribution in [3.8, 4) is 5.75 Å². The summed E-state index contributed by atoms with van der Waals surface area (Å²) in [6.45, 7) is 0.258.